The highest BCUT2D eigenvalue weighted by Gasteiger charge is 2.16. The van der Waals surface area contributed by atoms with Gasteiger partial charge >= 0.3 is 0 Å². The lowest BCUT2D eigenvalue weighted by molar-refractivity contribution is 0.618. The number of thiophene rings is 1. The van der Waals surface area contributed by atoms with Gasteiger partial charge in [-0.05, 0) is 57.1 Å². The molecule has 0 aliphatic rings. The molecule has 1 aromatic carbocycles. The Balaban J connectivity index is 2.43. The molecule has 0 spiro atoms. The predicted molar refractivity (Wildman–Crippen MR) is 78.9 cm³/mol. The lowest BCUT2D eigenvalue weighted by Gasteiger charge is -2.12. The molecule has 0 saturated carbocycles. The summed E-state index contributed by atoms with van der Waals surface area (Å²) >= 11 is 14.7. The molecule has 0 nitrogen and oxygen atoms in total. The number of hydrogen-bond donors (Lipinski definition) is 0. The van der Waals surface area contributed by atoms with Crippen molar-refractivity contribution in [3.8, 4) is 0 Å². The minimum Gasteiger partial charge on any atom is -0.207 e. The number of alkyl halides is 1. The van der Waals surface area contributed by atoms with E-state index in [4.69, 9.17) is 11.6 Å². The number of benzene rings is 1. The average Bonchev–Trinajstić information content (AvgIpc) is 2.69. The fourth-order valence-corrected chi connectivity index (χ4v) is 3.92. The van der Waals surface area contributed by atoms with Gasteiger partial charge in [0.05, 0.1) is 8.61 Å². The van der Waals surface area contributed by atoms with Crippen molar-refractivity contribution in [2.45, 2.75) is 11.8 Å². The smallest absolute Gasteiger partial charge is 0.127 e. The summed E-state index contributed by atoms with van der Waals surface area (Å²) in [4.78, 5) is -0.0168. The third kappa shape index (κ3) is 2.92. The second-order valence-corrected chi connectivity index (χ2v) is 7.28. The van der Waals surface area contributed by atoms with Gasteiger partial charge in [-0.15, -0.1) is 11.3 Å². The van der Waals surface area contributed by atoms with Gasteiger partial charge in [0.25, 0.3) is 0 Å². The van der Waals surface area contributed by atoms with E-state index in [1.165, 1.54) is 6.07 Å². The van der Waals surface area contributed by atoms with Gasteiger partial charge in [0.15, 0.2) is 0 Å². The van der Waals surface area contributed by atoms with Crippen LogP contribution in [0.5, 0.6) is 0 Å². The summed E-state index contributed by atoms with van der Waals surface area (Å²) in [6.07, 6.45) is 0. The van der Waals surface area contributed by atoms with E-state index in [2.05, 4.69) is 31.9 Å². The number of rotatable bonds is 2. The van der Waals surface area contributed by atoms with Crippen LogP contribution in [0.1, 0.15) is 21.5 Å². The minimum atomic E-state index is -0.273. The molecule has 2 rings (SSSR count). The molecular weight excluding hydrogens is 390 g/mol. The van der Waals surface area contributed by atoms with E-state index in [1.807, 2.05) is 11.4 Å². The zero-order chi connectivity index (χ0) is 12.6. The second-order valence-electron chi connectivity index (χ2n) is 3.67. The zero-order valence-electron chi connectivity index (χ0n) is 8.81. The van der Waals surface area contributed by atoms with Crippen molar-refractivity contribution in [3.05, 3.63) is 54.9 Å². The minimum absolute atomic E-state index is 0.0168. The van der Waals surface area contributed by atoms with Gasteiger partial charge in [-0.25, -0.2) is 4.39 Å². The van der Waals surface area contributed by atoms with Gasteiger partial charge in [-0.3, -0.25) is 0 Å². The van der Waals surface area contributed by atoms with Crippen LogP contribution in [-0.4, -0.2) is 0 Å². The SMILES string of the molecule is Cc1cc(C(Br)c2csc(Br)c2)c(Cl)cc1F. The van der Waals surface area contributed by atoms with Gasteiger partial charge in [0.1, 0.15) is 5.82 Å². The van der Waals surface area contributed by atoms with Crippen molar-refractivity contribution in [2.75, 3.05) is 0 Å². The number of aryl methyl sites for hydroxylation is 1. The van der Waals surface area contributed by atoms with E-state index in [1.54, 1.807) is 24.3 Å². The Bertz CT molecular complexity index is 553. The fourth-order valence-electron chi connectivity index (χ4n) is 1.51. The van der Waals surface area contributed by atoms with Gasteiger partial charge in [0, 0.05) is 5.02 Å². The van der Waals surface area contributed by atoms with Crippen molar-refractivity contribution in [1.29, 1.82) is 0 Å². The molecule has 1 aromatic heterocycles. The lowest BCUT2D eigenvalue weighted by atomic mass is 10.0. The van der Waals surface area contributed by atoms with Crippen LogP contribution in [0.15, 0.2) is 27.4 Å². The molecule has 0 radical (unpaired) electrons. The van der Waals surface area contributed by atoms with Crippen LogP contribution < -0.4 is 0 Å². The first-order valence-electron chi connectivity index (χ1n) is 4.82. The Labute approximate surface area is 125 Å². The Morgan fingerprint density at radius 2 is 2.06 bits per heavy atom. The predicted octanol–water partition coefficient (Wildman–Crippen LogP) is 6.10. The van der Waals surface area contributed by atoms with Gasteiger partial charge < -0.3 is 0 Å². The maximum absolute atomic E-state index is 13.3. The highest BCUT2D eigenvalue weighted by molar-refractivity contribution is 9.11. The molecule has 0 saturated heterocycles. The first-order chi connectivity index (χ1) is 7.99. The number of halogens is 4. The molecule has 1 atom stereocenters. The maximum Gasteiger partial charge on any atom is 0.127 e. The molecule has 2 aromatic rings. The van der Waals surface area contributed by atoms with Gasteiger partial charge in [-0.1, -0.05) is 33.6 Å². The Kier molecular flexibility index (Phi) is 4.29. The monoisotopic (exact) mass is 396 g/mol. The normalized spacial score (nSPS) is 12.8. The maximum atomic E-state index is 13.3. The van der Waals surface area contributed by atoms with E-state index in [0.717, 1.165) is 14.9 Å². The Morgan fingerprint density at radius 3 is 2.65 bits per heavy atom. The first-order valence-corrected chi connectivity index (χ1v) is 7.79. The molecule has 5 heteroatoms. The van der Waals surface area contributed by atoms with Gasteiger partial charge in [0.2, 0.25) is 0 Å². The average molecular weight is 399 g/mol. The molecule has 0 aliphatic heterocycles. The van der Waals surface area contributed by atoms with Crippen molar-refractivity contribution < 1.29 is 4.39 Å². The molecule has 17 heavy (non-hydrogen) atoms. The third-order valence-corrected chi connectivity index (χ3v) is 5.30. The van der Waals surface area contributed by atoms with Crippen LogP contribution in [0, 0.1) is 12.7 Å². The second kappa shape index (κ2) is 5.39. The standard InChI is InChI=1S/C12H8Br2ClFS/c1-6-2-8(9(15)4-10(6)16)12(14)7-3-11(13)17-5-7/h2-5,12H,1H3. The van der Waals surface area contributed by atoms with Crippen LogP contribution in [0.2, 0.25) is 5.02 Å². The quantitative estimate of drug-likeness (QED) is 0.537. The summed E-state index contributed by atoms with van der Waals surface area (Å²) < 4.78 is 14.4. The molecule has 1 heterocycles. The molecular formula is C12H8Br2ClFS. The van der Waals surface area contributed by atoms with Crippen molar-refractivity contribution in [1.82, 2.24) is 0 Å². The molecule has 0 amide bonds. The molecule has 1 unspecified atom stereocenters. The topological polar surface area (TPSA) is 0 Å². The third-order valence-electron chi connectivity index (χ3n) is 2.43. The van der Waals surface area contributed by atoms with E-state index in [9.17, 15) is 4.39 Å². The first kappa shape index (κ1) is 13.5. The van der Waals surface area contributed by atoms with E-state index in [0.29, 0.717) is 10.6 Å². The summed E-state index contributed by atoms with van der Waals surface area (Å²) in [6.45, 7) is 1.73. The molecule has 90 valence electrons. The van der Waals surface area contributed by atoms with Gasteiger partial charge in [-0.2, -0.15) is 0 Å². The number of hydrogen-bond acceptors (Lipinski definition) is 1. The summed E-state index contributed by atoms with van der Waals surface area (Å²) in [5, 5.41) is 2.48. The summed E-state index contributed by atoms with van der Waals surface area (Å²) in [5.41, 5.74) is 2.59. The molecule has 0 N–H and O–H groups in total. The molecule has 0 bridgehead atoms. The van der Waals surface area contributed by atoms with Crippen LogP contribution in [0.25, 0.3) is 0 Å². The largest absolute Gasteiger partial charge is 0.207 e. The Morgan fingerprint density at radius 1 is 1.35 bits per heavy atom. The van der Waals surface area contributed by atoms with Crippen LogP contribution in [-0.2, 0) is 0 Å². The van der Waals surface area contributed by atoms with E-state index < -0.39 is 0 Å². The fraction of sp³-hybridized carbons (Fsp3) is 0.167. The highest BCUT2D eigenvalue weighted by Crippen LogP contribution is 2.39. The zero-order valence-corrected chi connectivity index (χ0v) is 13.6. The molecule has 0 fully saturated rings. The van der Waals surface area contributed by atoms with Crippen LogP contribution >= 0.6 is 54.8 Å². The van der Waals surface area contributed by atoms with Crippen molar-refractivity contribution in [3.63, 3.8) is 0 Å². The summed E-state index contributed by atoms with van der Waals surface area (Å²) in [6, 6.07) is 5.17. The van der Waals surface area contributed by atoms with Crippen LogP contribution in [0.3, 0.4) is 0 Å². The van der Waals surface area contributed by atoms with Crippen molar-refractivity contribution in [2.24, 2.45) is 0 Å². The summed E-state index contributed by atoms with van der Waals surface area (Å²) in [7, 11) is 0. The van der Waals surface area contributed by atoms with Crippen molar-refractivity contribution >= 4 is 54.8 Å². The summed E-state index contributed by atoms with van der Waals surface area (Å²) in [5.74, 6) is -0.273. The highest BCUT2D eigenvalue weighted by atomic mass is 79.9. The van der Waals surface area contributed by atoms with E-state index in [-0.39, 0.29) is 10.6 Å². The van der Waals surface area contributed by atoms with Crippen LogP contribution in [0.4, 0.5) is 4.39 Å². The van der Waals surface area contributed by atoms with E-state index >= 15 is 0 Å². The molecule has 0 aliphatic carbocycles. The lowest BCUT2D eigenvalue weighted by Crippen LogP contribution is -1.95. The Hall–Kier alpha value is 0.1000.